The van der Waals surface area contributed by atoms with E-state index in [0.717, 1.165) is 45.2 Å². The van der Waals surface area contributed by atoms with E-state index in [1.807, 2.05) is 0 Å². The van der Waals surface area contributed by atoms with Crippen LogP contribution >= 0.6 is 0 Å². The Morgan fingerprint density at radius 1 is 0.952 bits per heavy atom. The van der Waals surface area contributed by atoms with Crippen molar-refractivity contribution < 1.29 is 8.42 Å². The number of piperidine rings is 1. The summed E-state index contributed by atoms with van der Waals surface area (Å²) < 4.78 is 28.6. The SMILES string of the molecule is CCC(CCN)N1CCN(S(=O)(=O)N2CCCCC2)CC1. The summed E-state index contributed by atoms with van der Waals surface area (Å²) in [5, 5.41) is 0. The summed E-state index contributed by atoms with van der Waals surface area (Å²) in [6, 6.07) is 0.495. The standard InChI is InChI=1S/C14H30N4O2S/c1-2-14(6-7-15)16-10-12-18(13-11-16)21(19,20)17-8-4-3-5-9-17/h14H,2-13,15H2,1H3. The summed E-state index contributed by atoms with van der Waals surface area (Å²) in [4.78, 5) is 2.40. The summed E-state index contributed by atoms with van der Waals surface area (Å²) in [6.45, 7) is 7.12. The molecule has 0 aromatic heterocycles. The molecule has 2 aliphatic heterocycles. The molecule has 21 heavy (non-hydrogen) atoms. The highest BCUT2D eigenvalue weighted by molar-refractivity contribution is 7.86. The largest absolute Gasteiger partial charge is 0.330 e. The monoisotopic (exact) mass is 318 g/mol. The molecule has 2 N–H and O–H groups in total. The molecule has 2 fully saturated rings. The van der Waals surface area contributed by atoms with Crippen molar-refractivity contribution >= 4 is 10.2 Å². The summed E-state index contributed by atoms with van der Waals surface area (Å²) in [7, 11) is -3.24. The molecule has 0 aromatic rings. The van der Waals surface area contributed by atoms with Gasteiger partial charge in [-0.3, -0.25) is 4.90 Å². The lowest BCUT2D eigenvalue weighted by atomic mass is 10.1. The highest BCUT2D eigenvalue weighted by atomic mass is 32.2. The molecule has 2 saturated heterocycles. The van der Waals surface area contributed by atoms with Crippen molar-refractivity contribution in [3.63, 3.8) is 0 Å². The fraction of sp³-hybridized carbons (Fsp3) is 1.00. The second-order valence-corrected chi connectivity index (χ2v) is 7.97. The smallest absolute Gasteiger partial charge is 0.282 e. The Morgan fingerprint density at radius 3 is 2.05 bits per heavy atom. The van der Waals surface area contributed by atoms with Crippen LogP contribution in [0.25, 0.3) is 0 Å². The van der Waals surface area contributed by atoms with Crippen LogP contribution in [-0.2, 0) is 10.2 Å². The van der Waals surface area contributed by atoms with Gasteiger partial charge in [0.05, 0.1) is 0 Å². The first-order chi connectivity index (χ1) is 10.1. The van der Waals surface area contributed by atoms with Gasteiger partial charge in [-0.1, -0.05) is 13.3 Å². The van der Waals surface area contributed by atoms with Crippen molar-refractivity contribution in [1.29, 1.82) is 0 Å². The zero-order valence-electron chi connectivity index (χ0n) is 13.2. The molecule has 0 amide bonds. The second-order valence-electron chi connectivity index (χ2n) is 6.04. The summed E-state index contributed by atoms with van der Waals surface area (Å²) >= 11 is 0. The molecule has 2 heterocycles. The molecular weight excluding hydrogens is 288 g/mol. The average molecular weight is 318 g/mol. The molecule has 124 valence electrons. The van der Waals surface area contributed by atoms with E-state index in [0.29, 0.717) is 38.8 Å². The van der Waals surface area contributed by atoms with Gasteiger partial charge < -0.3 is 5.73 Å². The van der Waals surface area contributed by atoms with Crippen molar-refractivity contribution in [2.75, 3.05) is 45.8 Å². The van der Waals surface area contributed by atoms with Crippen molar-refractivity contribution in [3.05, 3.63) is 0 Å². The van der Waals surface area contributed by atoms with Gasteiger partial charge in [-0.25, -0.2) is 0 Å². The molecule has 1 unspecified atom stereocenters. The number of hydrogen-bond donors (Lipinski definition) is 1. The molecule has 0 bridgehead atoms. The lowest BCUT2D eigenvalue weighted by molar-refractivity contribution is 0.124. The van der Waals surface area contributed by atoms with Gasteiger partial charge in [0.2, 0.25) is 0 Å². The maximum atomic E-state index is 12.6. The summed E-state index contributed by atoms with van der Waals surface area (Å²) in [6.07, 6.45) is 5.21. The van der Waals surface area contributed by atoms with Crippen LogP contribution in [-0.4, -0.2) is 73.8 Å². The molecular formula is C14H30N4O2S. The van der Waals surface area contributed by atoms with E-state index in [9.17, 15) is 8.42 Å². The third-order valence-corrected chi connectivity index (χ3v) is 6.76. The van der Waals surface area contributed by atoms with Crippen LogP contribution in [0.1, 0.15) is 39.0 Å². The first kappa shape index (κ1) is 17.1. The van der Waals surface area contributed by atoms with Crippen LogP contribution in [0, 0.1) is 0 Å². The van der Waals surface area contributed by atoms with Crippen LogP contribution < -0.4 is 5.73 Å². The number of piperazine rings is 1. The minimum atomic E-state index is -3.24. The van der Waals surface area contributed by atoms with Gasteiger partial charge in [0.15, 0.2) is 0 Å². The minimum Gasteiger partial charge on any atom is -0.330 e. The average Bonchev–Trinajstić information content (AvgIpc) is 2.53. The molecule has 0 saturated carbocycles. The molecule has 0 radical (unpaired) electrons. The molecule has 0 aromatic carbocycles. The molecule has 6 nitrogen and oxygen atoms in total. The minimum absolute atomic E-state index is 0.495. The molecule has 1 atom stereocenters. The van der Waals surface area contributed by atoms with E-state index >= 15 is 0 Å². The van der Waals surface area contributed by atoms with E-state index in [-0.39, 0.29) is 0 Å². The molecule has 2 rings (SSSR count). The Hall–Kier alpha value is -0.210. The zero-order valence-corrected chi connectivity index (χ0v) is 14.0. The van der Waals surface area contributed by atoms with Gasteiger partial charge in [0.25, 0.3) is 10.2 Å². The Kier molecular flexibility index (Phi) is 6.43. The quantitative estimate of drug-likeness (QED) is 0.772. The third-order valence-electron chi connectivity index (χ3n) is 4.73. The summed E-state index contributed by atoms with van der Waals surface area (Å²) in [5.41, 5.74) is 5.67. The predicted molar refractivity (Wildman–Crippen MR) is 85.2 cm³/mol. The van der Waals surface area contributed by atoms with E-state index in [4.69, 9.17) is 5.73 Å². The van der Waals surface area contributed by atoms with Crippen molar-refractivity contribution in [2.24, 2.45) is 5.73 Å². The molecule has 0 aliphatic carbocycles. The number of nitrogens with zero attached hydrogens (tertiary/aromatic N) is 3. The van der Waals surface area contributed by atoms with Crippen molar-refractivity contribution in [2.45, 2.75) is 45.1 Å². The van der Waals surface area contributed by atoms with Gasteiger partial charge in [0, 0.05) is 45.3 Å². The van der Waals surface area contributed by atoms with Crippen LogP contribution in [0.15, 0.2) is 0 Å². The highest BCUT2D eigenvalue weighted by Crippen LogP contribution is 2.19. The Labute approximate surface area is 129 Å². The maximum absolute atomic E-state index is 12.6. The van der Waals surface area contributed by atoms with Crippen LogP contribution in [0.3, 0.4) is 0 Å². The fourth-order valence-corrected chi connectivity index (χ4v) is 5.07. The van der Waals surface area contributed by atoms with Gasteiger partial charge in [-0.15, -0.1) is 0 Å². The van der Waals surface area contributed by atoms with Crippen LogP contribution in [0.2, 0.25) is 0 Å². The van der Waals surface area contributed by atoms with Gasteiger partial charge >= 0.3 is 0 Å². The Bertz CT molecular complexity index is 401. The number of hydrogen-bond acceptors (Lipinski definition) is 4. The van der Waals surface area contributed by atoms with E-state index in [1.165, 1.54) is 0 Å². The lowest BCUT2D eigenvalue weighted by Crippen LogP contribution is -2.55. The van der Waals surface area contributed by atoms with Gasteiger partial charge in [-0.05, 0) is 32.2 Å². The topological polar surface area (TPSA) is 69.9 Å². The fourth-order valence-electron chi connectivity index (χ4n) is 3.40. The first-order valence-corrected chi connectivity index (χ1v) is 9.68. The second kappa shape index (κ2) is 7.87. The van der Waals surface area contributed by atoms with Crippen LogP contribution in [0.5, 0.6) is 0 Å². The first-order valence-electron chi connectivity index (χ1n) is 8.29. The van der Waals surface area contributed by atoms with E-state index < -0.39 is 10.2 Å². The van der Waals surface area contributed by atoms with Gasteiger partial charge in [-0.2, -0.15) is 17.0 Å². The zero-order chi connectivity index (χ0) is 15.3. The molecule has 2 aliphatic rings. The highest BCUT2D eigenvalue weighted by Gasteiger charge is 2.33. The van der Waals surface area contributed by atoms with E-state index in [2.05, 4.69) is 11.8 Å². The van der Waals surface area contributed by atoms with E-state index in [1.54, 1.807) is 8.61 Å². The molecule has 0 spiro atoms. The third kappa shape index (κ3) is 4.16. The van der Waals surface area contributed by atoms with Crippen molar-refractivity contribution in [3.8, 4) is 0 Å². The predicted octanol–water partition coefficient (Wildman–Crippen LogP) is 0.462. The maximum Gasteiger partial charge on any atom is 0.282 e. The normalized spacial score (nSPS) is 25.0. The summed E-state index contributed by atoms with van der Waals surface area (Å²) in [5.74, 6) is 0. The van der Waals surface area contributed by atoms with Crippen LogP contribution in [0.4, 0.5) is 0 Å². The Balaban J connectivity index is 1.90. The molecule has 7 heteroatoms. The van der Waals surface area contributed by atoms with Crippen molar-refractivity contribution in [1.82, 2.24) is 13.5 Å². The Morgan fingerprint density at radius 2 is 1.52 bits per heavy atom. The lowest BCUT2D eigenvalue weighted by Gasteiger charge is -2.40. The van der Waals surface area contributed by atoms with Gasteiger partial charge in [0.1, 0.15) is 0 Å². The number of nitrogens with two attached hydrogens (primary N) is 1. The number of rotatable bonds is 6.